The van der Waals surface area contributed by atoms with Gasteiger partial charge in [-0.2, -0.15) is 5.10 Å². The Hall–Kier alpha value is -3.78. The fourth-order valence-electron chi connectivity index (χ4n) is 5.27. The number of hydrogen-bond acceptors (Lipinski definition) is 5. The largest absolute Gasteiger partial charge is 0.496 e. The fraction of sp³-hybridized carbons (Fsp3) is 0.321. The minimum atomic E-state index is -0.805. The van der Waals surface area contributed by atoms with Gasteiger partial charge in [-0.1, -0.05) is 6.07 Å². The Morgan fingerprint density at radius 1 is 1.28 bits per heavy atom. The second-order valence-corrected chi connectivity index (χ2v) is 9.60. The van der Waals surface area contributed by atoms with Crippen LogP contribution in [-0.4, -0.2) is 44.9 Å². The van der Waals surface area contributed by atoms with Gasteiger partial charge in [0.1, 0.15) is 17.3 Å². The number of amides is 1. The van der Waals surface area contributed by atoms with E-state index in [1.807, 2.05) is 31.2 Å². The first-order chi connectivity index (χ1) is 17.4. The highest BCUT2D eigenvalue weighted by atomic mass is 19.1. The minimum absolute atomic E-state index is 0.223. The average molecular weight is 489 g/mol. The summed E-state index contributed by atoms with van der Waals surface area (Å²) in [5.41, 5.74) is 3.40. The molecule has 0 spiro atoms. The molecule has 1 amide bonds. The van der Waals surface area contributed by atoms with Gasteiger partial charge < -0.3 is 15.2 Å². The number of benzene rings is 2. The van der Waals surface area contributed by atoms with E-state index in [2.05, 4.69) is 20.5 Å². The summed E-state index contributed by atoms with van der Waals surface area (Å²) in [7, 11) is 1.50. The van der Waals surface area contributed by atoms with Crippen LogP contribution in [0.1, 0.15) is 47.3 Å². The van der Waals surface area contributed by atoms with Crippen LogP contribution in [0.4, 0.5) is 4.39 Å². The number of aliphatic hydroxyl groups excluding tert-OH is 1. The lowest BCUT2D eigenvalue weighted by Gasteiger charge is -2.40. The number of fused-ring (bicyclic) bond motifs is 1. The van der Waals surface area contributed by atoms with Crippen LogP contribution in [0.25, 0.3) is 22.2 Å². The molecule has 2 heterocycles. The molecule has 2 aromatic carbocycles. The highest BCUT2D eigenvalue weighted by Crippen LogP contribution is 2.36. The zero-order valence-corrected chi connectivity index (χ0v) is 20.3. The van der Waals surface area contributed by atoms with Crippen LogP contribution in [0, 0.1) is 12.7 Å². The summed E-state index contributed by atoms with van der Waals surface area (Å²) in [4.78, 5) is 17.8. The number of nitrogens with zero attached hydrogens (tertiary/aromatic N) is 2. The molecular weight excluding hydrogens is 459 g/mol. The van der Waals surface area contributed by atoms with E-state index in [1.54, 1.807) is 24.4 Å². The summed E-state index contributed by atoms with van der Waals surface area (Å²) in [5, 5.41) is 22.0. The highest BCUT2D eigenvalue weighted by Gasteiger charge is 2.39. The number of halogens is 1. The molecule has 0 aliphatic heterocycles. The van der Waals surface area contributed by atoms with Gasteiger partial charge in [0, 0.05) is 45.9 Å². The molecule has 1 saturated carbocycles. The number of carbonyl (C=O) groups is 1. The quantitative estimate of drug-likeness (QED) is 0.364. The van der Waals surface area contributed by atoms with E-state index in [9.17, 15) is 14.3 Å². The maximum Gasteiger partial charge on any atom is 0.251 e. The van der Waals surface area contributed by atoms with Crippen molar-refractivity contribution < 1.29 is 19.0 Å². The third-order valence-electron chi connectivity index (χ3n) is 7.00. The van der Waals surface area contributed by atoms with E-state index in [-0.39, 0.29) is 18.1 Å². The minimum Gasteiger partial charge on any atom is -0.496 e. The summed E-state index contributed by atoms with van der Waals surface area (Å²) in [5.74, 6) is -0.236. The van der Waals surface area contributed by atoms with Crippen molar-refractivity contribution in [1.82, 2.24) is 20.5 Å². The SMILES string of the molecule is COc1cccc(F)c1C[C@]1(NC(=O)c2ccc3[nH]nc(-c4ccnc(C)c4)c3c2)CCC[C@H](O)C1. The predicted molar refractivity (Wildman–Crippen MR) is 135 cm³/mol. The van der Waals surface area contributed by atoms with Crippen molar-refractivity contribution in [3.63, 3.8) is 0 Å². The molecule has 36 heavy (non-hydrogen) atoms. The third kappa shape index (κ3) is 4.68. The number of aliphatic hydroxyl groups is 1. The number of H-pyrrole nitrogens is 1. The summed E-state index contributed by atoms with van der Waals surface area (Å²) >= 11 is 0. The van der Waals surface area contributed by atoms with E-state index in [0.29, 0.717) is 36.1 Å². The van der Waals surface area contributed by atoms with Crippen molar-refractivity contribution in [3.05, 3.63) is 77.4 Å². The van der Waals surface area contributed by atoms with E-state index in [4.69, 9.17) is 4.74 Å². The summed E-state index contributed by atoms with van der Waals surface area (Å²) in [6.45, 7) is 1.92. The zero-order valence-electron chi connectivity index (χ0n) is 20.3. The first kappa shape index (κ1) is 23.9. The van der Waals surface area contributed by atoms with Gasteiger partial charge in [0.2, 0.25) is 0 Å². The van der Waals surface area contributed by atoms with E-state index < -0.39 is 11.6 Å². The standard InChI is InChI=1S/C28H29FN4O3/c1-17-13-18(10-12-30-17)26-21-14-19(8-9-24(21)32-33-26)27(35)31-28(11-4-5-20(34)15-28)16-22-23(29)6-3-7-25(22)36-2/h3,6-10,12-14,20,34H,4-5,11,15-16H2,1-2H3,(H,31,35)(H,32,33)/t20-,28-/m0/s1. The van der Waals surface area contributed by atoms with Crippen molar-refractivity contribution in [2.75, 3.05) is 7.11 Å². The van der Waals surface area contributed by atoms with Crippen LogP contribution >= 0.6 is 0 Å². The molecule has 186 valence electrons. The number of rotatable bonds is 6. The topological polar surface area (TPSA) is 100 Å². The first-order valence-corrected chi connectivity index (χ1v) is 12.1. The van der Waals surface area contributed by atoms with Gasteiger partial charge >= 0.3 is 0 Å². The maximum absolute atomic E-state index is 14.8. The lowest BCUT2D eigenvalue weighted by atomic mass is 9.75. The van der Waals surface area contributed by atoms with E-state index in [0.717, 1.165) is 34.3 Å². The molecule has 2 atom stereocenters. The third-order valence-corrected chi connectivity index (χ3v) is 7.00. The Kier molecular flexibility index (Phi) is 6.45. The van der Waals surface area contributed by atoms with Gasteiger partial charge in [0.15, 0.2) is 0 Å². The zero-order chi connectivity index (χ0) is 25.3. The van der Waals surface area contributed by atoms with Crippen molar-refractivity contribution in [1.29, 1.82) is 0 Å². The Morgan fingerprint density at radius 3 is 2.92 bits per heavy atom. The molecule has 0 bridgehead atoms. The molecule has 7 nitrogen and oxygen atoms in total. The fourth-order valence-corrected chi connectivity index (χ4v) is 5.27. The van der Waals surface area contributed by atoms with Crippen molar-refractivity contribution in [2.45, 2.75) is 50.7 Å². The molecule has 2 aromatic heterocycles. The normalized spacial score (nSPS) is 19.8. The van der Waals surface area contributed by atoms with Gasteiger partial charge in [-0.05, 0) is 75.1 Å². The van der Waals surface area contributed by atoms with Crippen molar-refractivity contribution in [3.8, 4) is 17.0 Å². The molecule has 1 aliphatic rings. The van der Waals surface area contributed by atoms with Crippen LogP contribution in [0.5, 0.6) is 5.75 Å². The molecule has 4 aromatic rings. The number of aryl methyl sites for hydroxylation is 1. The monoisotopic (exact) mass is 488 g/mol. The van der Waals surface area contributed by atoms with Crippen molar-refractivity contribution >= 4 is 16.8 Å². The van der Waals surface area contributed by atoms with Crippen LogP contribution in [-0.2, 0) is 6.42 Å². The number of hydrogen-bond donors (Lipinski definition) is 3. The van der Waals surface area contributed by atoms with Crippen LogP contribution in [0.3, 0.4) is 0 Å². The first-order valence-electron chi connectivity index (χ1n) is 12.1. The Morgan fingerprint density at radius 2 is 2.14 bits per heavy atom. The highest BCUT2D eigenvalue weighted by molar-refractivity contribution is 6.01. The number of methoxy groups -OCH3 is 1. The maximum atomic E-state index is 14.8. The molecule has 8 heteroatoms. The van der Waals surface area contributed by atoms with Gasteiger partial charge in [-0.3, -0.25) is 14.9 Å². The molecule has 5 rings (SSSR count). The molecule has 1 aliphatic carbocycles. The van der Waals surface area contributed by atoms with Crippen LogP contribution < -0.4 is 10.1 Å². The smallest absolute Gasteiger partial charge is 0.251 e. The van der Waals surface area contributed by atoms with Crippen LogP contribution in [0.15, 0.2) is 54.7 Å². The van der Waals surface area contributed by atoms with E-state index in [1.165, 1.54) is 13.2 Å². The van der Waals surface area contributed by atoms with Gasteiger partial charge in [0.25, 0.3) is 5.91 Å². The average Bonchev–Trinajstić information content (AvgIpc) is 3.28. The van der Waals surface area contributed by atoms with Crippen molar-refractivity contribution in [2.24, 2.45) is 0 Å². The summed E-state index contributed by atoms with van der Waals surface area (Å²) in [6.07, 6.45) is 3.73. The van der Waals surface area contributed by atoms with Gasteiger partial charge in [-0.15, -0.1) is 0 Å². The summed E-state index contributed by atoms with van der Waals surface area (Å²) in [6, 6.07) is 13.9. The second kappa shape index (κ2) is 9.70. The number of aromatic nitrogens is 3. The number of carbonyl (C=O) groups excluding carboxylic acids is 1. The second-order valence-electron chi connectivity index (χ2n) is 9.60. The molecule has 0 unspecified atom stereocenters. The molecule has 0 radical (unpaired) electrons. The Bertz CT molecular complexity index is 1420. The van der Waals surface area contributed by atoms with Gasteiger partial charge in [-0.25, -0.2) is 4.39 Å². The van der Waals surface area contributed by atoms with E-state index >= 15 is 0 Å². The number of pyridine rings is 1. The summed E-state index contributed by atoms with van der Waals surface area (Å²) < 4.78 is 20.2. The molecule has 0 saturated heterocycles. The number of aromatic amines is 1. The van der Waals surface area contributed by atoms with Crippen LogP contribution in [0.2, 0.25) is 0 Å². The molecular formula is C28H29FN4O3. The lowest BCUT2D eigenvalue weighted by Crippen LogP contribution is -2.54. The predicted octanol–water partition coefficient (Wildman–Crippen LogP) is 4.73. The Labute approximate surface area is 208 Å². The van der Waals surface area contributed by atoms with Gasteiger partial charge in [0.05, 0.1) is 18.7 Å². The molecule has 3 N–H and O–H groups in total. The number of ether oxygens (including phenoxy) is 1. The molecule has 1 fully saturated rings. The number of nitrogens with one attached hydrogen (secondary N) is 2. The Balaban J connectivity index is 1.48. The lowest BCUT2D eigenvalue weighted by molar-refractivity contribution is 0.0601.